The van der Waals surface area contributed by atoms with Gasteiger partial charge in [-0.25, -0.2) is 8.42 Å². The highest BCUT2D eigenvalue weighted by Crippen LogP contribution is 2.31. The van der Waals surface area contributed by atoms with Crippen molar-refractivity contribution in [2.24, 2.45) is 0 Å². The van der Waals surface area contributed by atoms with Gasteiger partial charge in [-0.1, -0.05) is 55.0 Å². The lowest BCUT2D eigenvalue weighted by Gasteiger charge is -2.29. The number of carbonyl (C=O) groups excluding carboxylic acids is 1. The van der Waals surface area contributed by atoms with Crippen molar-refractivity contribution < 1.29 is 13.2 Å². The molecule has 1 fully saturated rings. The molecule has 2 atom stereocenters. The fourth-order valence-electron chi connectivity index (χ4n) is 5.82. The quantitative estimate of drug-likeness (QED) is 0.399. The lowest BCUT2D eigenvalue weighted by molar-refractivity contribution is -0.122. The molecule has 6 heteroatoms. The molecule has 196 valence electrons. The molecule has 0 unspecified atom stereocenters. The van der Waals surface area contributed by atoms with E-state index in [-0.39, 0.29) is 18.4 Å². The van der Waals surface area contributed by atoms with E-state index in [9.17, 15) is 13.2 Å². The maximum absolute atomic E-state index is 13.2. The fourth-order valence-corrected chi connectivity index (χ4v) is 7.27. The minimum atomic E-state index is -3.51. The van der Waals surface area contributed by atoms with Gasteiger partial charge in [0.2, 0.25) is 5.91 Å². The van der Waals surface area contributed by atoms with Crippen LogP contribution in [0.25, 0.3) is 10.8 Å². The molecule has 3 aromatic rings. The van der Waals surface area contributed by atoms with Crippen LogP contribution in [-0.4, -0.2) is 37.6 Å². The van der Waals surface area contributed by atoms with Crippen LogP contribution in [0, 0.1) is 0 Å². The second-order valence-corrected chi connectivity index (χ2v) is 13.2. The number of aryl methyl sites for hydroxylation is 1. The van der Waals surface area contributed by atoms with Gasteiger partial charge >= 0.3 is 0 Å². The molecule has 1 aliphatic heterocycles. The van der Waals surface area contributed by atoms with E-state index in [4.69, 9.17) is 0 Å². The van der Waals surface area contributed by atoms with Crippen molar-refractivity contribution in [1.29, 1.82) is 0 Å². The van der Waals surface area contributed by atoms with Gasteiger partial charge < -0.3 is 5.32 Å². The Kier molecular flexibility index (Phi) is 7.96. The minimum Gasteiger partial charge on any atom is -0.349 e. The number of hydrogen-bond acceptors (Lipinski definition) is 4. The van der Waals surface area contributed by atoms with Gasteiger partial charge in [-0.15, -0.1) is 0 Å². The van der Waals surface area contributed by atoms with E-state index in [1.165, 1.54) is 49.0 Å². The minimum absolute atomic E-state index is 0.00712. The fraction of sp³-hybridized carbons (Fsp3) is 0.452. The van der Waals surface area contributed by atoms with E-state index in [0.29, 0.717) is 11.3 Å². The summed E-state index contributed by atoms with van der Waals surface area (Å²) in [6.45, 7) is 5.08. The van der Waals surface area contributed by atoms with Crippen LogP contribution in [-0.2, 0) is 27.6 Å². The molecule has 0 saturated carbocycles. The van der Waals surface area contributed by atoms with Gasteiger partial charge in [0.1, 0.15) is 0 Å². The number of sulfone groups is 1. The zero-order valence-electron chi connectivity index (χ0n) is 21.8. The number of carbonyl (C=O) groups is 1. The predicted octanol–water partition coefficient (Wildman–Crippen LogP) is 5.96. The summed E-state index contributed by atoms with van der Waals surface area (Å²) in [5, 5.41) is 4.49. The molecule has 1 aliphatic carbocycles. The van der Waals surface area contributed by atoms with Gasteiger partial charge in [0, 0.05) is 13.0 Å². The zero-order valence-corrected chi connectivity index (χ0v) is 22.6. The number of nitrogens with one attached hydrogen (secondary N) is 1. The molecule has 1 saturated heterocycles. The summed E-state index contributed by atoms with van der Waals surface area (Å²) < 4.78 is 26.4. The van der Waals surface area contributed by atoms with Crippen LogP contribution < -0.4 is 5.32 Å². The van der Waals surface area contributed by atoms with Gasteiger partial charge in [-0.05, 0) is 98.1 Å². The summed E-state index contributed by atoms with van der Waals surface area (Å²) in [6.07, 6.45) is 7.46. The van der Waals surface area contributed by atoms with Crippen molar-refractivity contribution in [1.82, 2.24) is 10.2 Å². The number of fused-ring (bicyclic) bond motifs is 2. The molecular formula is C31H38N2O3S. The Morgan fingerprint density at radius 3 is 2.57 bits per heavy atom. The highest BCUT2D eigenvalue weighted by molar-refractivity contribution is 7.92. The largest absolute Gasteiger partial charge is 0.349 e. The van der Waals surface area contributed by atoms with Crippen molar-refractivity contribution in [3.8, 4) is 0 Å². The number of nitrogens with zero attached hydrogens (tertiary/aromatic N) is 1. The Balaban J connectivity index is 1.18. The molecule has 1 N–H and O–H groups in total. The highest BCUT2D eigenvalue weighted by atomic mass is 32.2. The van der Waals surface area contributed by atoms with Crippen LogP contribution in [0.5, 0.6) is 0 Å². The van der Waals surface area contributed by atoms with Crippen molar-refractivity contribution >= 4 is 26.5 Å². The Hall–Kier alpha value is -2.70. The highest BCUT2D eigenvalue weighted by Gasteiger charge is 2.26. The summed E-state index contributed by atoms with van der Waals surface area (Å²) in [7, 11) is -3.51. The first-order valence-corrected chi connectivity index (χ1v) is 15.3. The van der Waals surface area contributed by atoms with Crippen LogP contribution in [0.1, 0.15) is 74.6 Å². The summed E-state index contributed by atoms with van der Waals surface area (Å²) in [5.74, 6) is -0.0733. The molecule has 0 aromatic heterocycles. The molecule has 2 aliphatic rings. The molecule has 5 rings (SSSR count). The normalized spacial score (nSPS) is 19.3. The average molecular weight is 519 g/mol. The van der Waals surface area contributed by atoms with E-state index >= 15 is 0 Å². The van der Waals surface area contributed by atoms with Crippen LogP contribution in [0.2, 0.25) is 0 Å². The van der Waals surface area contributed by atoms with Gasteiger partial charge in [0.15, 0.2) is 9.84 Å². The number of piperidine rings is 1. The predicted molar refractivity (Wildman–Crippen MR) is 149 cm³/mol. The lowest BCUT2D eigenvalue weighted by Crippen LogP contribution is -2.32. The third kappa shape index (κ3) is 6.07. The smallest absolute Gasteiger partial charge is 0.220 e. The molecule has 0 radical (unpaired) electrons. The second kappa shape index (κ2) is 11.4. The van der Waals surface area contributed by atoms with Crippen LogP contribution >= 0.6 is 0 Å². The zero-order chi connectivity index (χ0) is 25.8. The summed E-state index contributed by atoms with van der Waals surface area (Å²) in [5.41, 5.74) is 3.93. The standard InChI is InChI=1S/C31H38N2O3S/c1-23(37(35,36)28-15-14-25-8-3-4-9-26(25)21-28)12-17-31(34)32-30-11-7-10-27-20-24(13-16-29(27)30)22-33-18-5-2-6-19-33/h3-4,8-9,13-16,20-21,23,30H,2,5-7,10-12,17-19,22H2,1H3,(H,32,34)/t23-,30+/m0/s1. The summed E-state index contributed by atoms with van der Waals surface area (Å²) in [6, 6.07) is 19.8. The van der Waals surface area contributed by atoms with Gasteiger partial charge in [0.25, 0.3) is 0 Å². The molecule has 0 bridgehead atoms. The molecule has 0 spiro atoms. The van der Waals surface area contributed by atoms with Gasteiger partial charge in [-0.2, -0.15) is 0 Å². The van der Waals surface area contributed by atoms with E-state index in [0.717, 1.165) is 36.6 Å². The Labute approximate surface area is 221 Å². The number of benzene rings is 3. The van der Waals surface area contributed by atoms with E-state index < -0.39 is 15.1 Å². The third-order valence-electron chi connectivity index (χ3n) is 8.07. The van der Waals surface area contributed by atoms with Gasteiger partial charge in [0.05, 0.1) is 16.2 Å². The maximum atomic E-state index is 13.2. The molecular weight excluding hydrogens is 480 g/mol. The van der Waals surface area contributed by atoms with Crippen LogP contribution in [0.15, 0.2) is 65.6 Å². The van der Waals surface area contributed by atoms with Crippen molar-refractivity contribution in [3.63, 3.8) is 0 Å². The van der Waals surface area contributed by atoms with E-state index in [1.54, 1.807) is 19.1 Å². The molecule has 5 nitrogen and oxygen atoms in total. The topological polar surface area (TPSA) is 66.5 Å². The second-order valence-electron chi connectivity index (χ2n) is 10.8. The van der Waals surface area contributed by atoms with Crippen LogP contribution in [0.4, 0.5) is 0 Å². The first kappa shape index (κ1) is 25.9. The number of amides is 1. The van der Waals surface area contributed by atoms with Crippen molar-refractivity contribution in [3.05, 3.63) is 77.4 Å². The van der Waals surface area contributed by atoms with E-state index in [2.05, 4.69) is 28.4 Å². The molecule has 1 amide bonds. The number of rotatable bonds is 8. The summed E-state index contributed by atoms with van der Waals surface area (Å²) >= 11 is 0. The monoisotopic (exact) mass is 518 g/mol. The lowest BCUT2D eigenvalue weighted by atomic mass is 9.86. The summed E-state index contributed by atoms with van der Waals surface area (Å²) in [4.78, 5) is 15.7. The van der Waals surface area contributed by atoms with E-state index in [1.807, 2.05) is 30.3 Å². The molecule has 37 heavy (non-hydrogen) atoms. The Morgan fingerprint density at radius 2 is 1.76 bits per heavy atom. The van der Waals surface area contributed by atoms with Gasteiger partial charge in [-0.3, -0.25) is 9.69 Å². The van der Waals surface area contributed by atoms with Crippen LogP contribution in [0.3, 0.4) is 0 Å². The Bertz CT molecular complexity index is 1360. The first-order valence-electron chi connectivity index (χ1n) is 13.8. The first-order chi connectivity index (χ1) is 17.9. The average Bonchev–Trinajstić information content (AvgIpc) is 2.92. The van der Waals surface area contributed by atoms with Crippen molar-refractivity contribution in [2.75, 3.05) is 13.1 Å². The maximum Gasteiger partial charge on any atom is 0.220 e. The molecule has 3 aromatic carbocycles. The number of hydrogen-bond donors (Lipinski definition) is 1. The third-order valence-corrected chi connectivity index (χ3v) is 10.3. The van der Waals surface area contributed by atoms with Crippen molar-refractivity contribution in [2.45, 2.75) is 81.0 Å². The Morgan fingerprint density at radius 1 is 0.973 bits per heavy atom. The molecule has 1 heterocycles. The SMILES string of the molecule is C[C@@H](CCC(=O)N[C@@H]1CCCc2cc(CN3CCCCC3)ccc21)S(=O)(=O)c1ccc2ccccc2c1. The number of likely N-dealkylation sites (tertiary alicyclic amines) is 1.